The lowest BCUT2D eigenvalue weighted by Gasteiger charge is -2.39. The number of nitrogens with zero attached hydrogens (tertiary/aromatic N) is 3. The van der Waals surface area contributed by atoms with Crippen LogP contribution in [0.4, 0.5) is 5.69 Å². The molecule has 1 fully saturated rings. The van der Waals surface area contributed by atoms with E-state index in [-0.39, 0.29) is 24.3 Å². The van der Waals surface area contributed by atoms with Gasteiger partial charge in [0.05, 0.1) is 23.4 Å². The van der Waals surface area contributed by atoms with Gasteiger partial charge in [-0.1, -0.05) is 12.1 Å². The molecule has 2 aliphatic rings. The number of nitrogens with one attached hydrogen (secondary N) is 1. The first-order chi connectivity index (χ1) is 14.6. The Bertz CT molecular complexity index is 1130. The summed E-state index contributed by atoms with van der Waals surface area (Å²) in [5.74, 6) is -0.667. The molecule has 30 heavy (non-hydrogen) atoms. The van der Waals surface area contributed by atoms with Crippen LogP contribution in [0, 0.1) is 0 Å². The summed E-state index contributed by atoms with van der Waals surface area (Å²) in [4.78, 5) is 47.3. The van der Waals surface area contributed by atoms with Crippen molar-refractivity contribution in [3.05, 3.63) is 71.4 Å². The van der Waals surface area contributed by atoms with Gasteiger partial charge in [0.1, 0.15) is 6.04 Å². The standard InChI is InChI=1S/C22H18N4O3S/c27-20-18-13-25(21(28)15-3-1-7-23-12-15)8-9-26(18)22(29)16-11-14(5-6-17(16)24-20)19-4-2-10-30-19/h1-7,10-12,18H,8-9,13H2,(H,24,27)/t18-/m1/s1. The molecule has 0 radical (unpaired) electrons. The molecule has 2 aromatic heterocycles. The number of pyridine rings is 1. The van der Waals surface area contributed by atoms with Crippen LogP contribution in [0.3, 0.4) is 0 Å². The number of anilines is 1. The van der Waals surface area contributed by atoms with Gasteiger partial charge in [0.25, 0.3) is 11.8 Å². The van der Waals surface area contributed by atoms with Crippen LogP contribution in [-0.4, -0.2) is 58.2 Å². The van der Waals surface area contributed by atoms with E-state index in [1.807, 2.05) is 29.6 Å². The van der Waals surface area contributed by atoms with Crippen molar-refractivity contribution in [1.29, 1.82) is 0 Å². The van der Waals surface area contributed by atoms with Gasteiger partial charge < -0.3 is 15.1 Å². The Morgan fingerprint density at radius 1 is 1.13 bits per heavy atom. The normalized spacial score (nSPS) is 18.3. The van der Waals surface area contributed by atoms with Gasteiger partial charge >= 0.3 is 0 Å². The van der Waals surface area contributed by atoms with E-state index in [0.29, 0.717) is 29.9 Å². The number of thiophene rings is 1. The Labute approximate surface area is 177 Å². The molecule has 0 aliphatic carbocycles. The summed E-state index contributed by atoms with van der Waals surface area (Å²) in [7, 11) is 0. The first kappa shape index (κ1) is 18.5. The Kier molecular flexibility index (Phi) is 4.55. The van der Waals surface area contributed by atoms with Crippen LogP contribution < -0.4 is 5.32 Å². The lowest BCUT2D eigenvalue weighted by atomic mass is 10.1. The van der Waals surface area contributed by atoms with E-state index in [1.165, 1.54) is 6.20 Å². The van der Waals surface area contributed by atoms with Gasteiger partial charge in [-0.3, -0.25) is 19.4 Å². The molecule has 0 spiro atoms. The molecule has 3 aromatic rings. The van der Waals surface area contributed by atoms with Crippen LogP contribution in [-0.2, 0) is 4.79 Å². The molecule has 1 N–H and O–H groups in total. The van der Waals surface area contributed by atoms with Gasteiger partial charge in [-0.15, -0.1) is 11.3 Å². The average Bonchev–Trinajstić information content (AvgIpc) is 3.30. The number of carbonyl (C=O) groups excluding carboxylic acids is 3. The second kappa shape index (κ2) is 7.38. The third-order valence-electron chi connectivity index (χ3n) is 5.45. The van der Waals surface area contributed by atoms with Crippen LogP contribution in [0.1, 0.15) is 20.7 Å². The van der Waals surface area contributed by atoms with Gasteiger partial charge in [-0.05, 0) is 41.3 Å². The van der Waals surface area contributed by atoms with Gasteiger partial charge in [0, 0.05) is 30.4 Å². The van der Waals surface area contributed by atoms with Crippen LogP contribution in [0.25, 0.3) is 10.4 Å². The fourth-order valence-electron chi connectivity index (χ4n) is 3.90. The van der Waals surface area contributed by atoms with E-state index in [1.54, 1.807) is 45.5 Å². The molecule has 1 atom stereocenters. The fourth-order valence-corrected chi connectivity index (χ4v) is 4.63. The largest absolute Gasteiger partial charge is 0.334 e. The third kappa shape index (κ3) is 3.15. The molecule has 2 aliphatic heterocycles. The summed E-state index contributed by atoms with van der Waals surface area (Å²) in [6.45, 7) is 0.811. The van der Waals surface area contributed by atoms with Gasteiger partial charge in [0.15, 0.2) is 0 Å². The summed E-state index contributed by atoms with van der Waals surface area (Å²) in [5.41, 5.74) is 2.39. The molecule has 0 bridgehead atoms. The topological polar surface area (TPSA) is 82.6 Å². The summed E-state index contributed by atoms with van der Waals surface area (Å²) in [6.07, 6.45) is 3.11. The smallest absolute Gasteiger partial charge is 0.256 e. The van der Waals surface area contributed by atoms with Crippen LogP contribution in [0.5, 0.6) is 0 Å². The van der Waals surface area contributed by atoms with Gasteiger partial charge in [-0.2, -0.15) is 0 Å². The Hall–Kier alpha value is -3.52. The number of hydrogen-bond donors (Lipinski definition) is 1. The quantitative estimate of drug-likeness (QED) is 0.694. The van der Waals surface area contributed by atoms with Crippen LogP contribution in [0.15, 0.2) is 60.2 Å². The predicted octanol–water partition coefficient (Wildman–Crippen LogP) is 2.73. The van der Waals surface area contributed by atoms with E-state index in [0.717, 1.165) is 10.4 Å². The molecule has 150 valence electrons. The monoisotopic (exact) mass is 418 g/mol. The maximum Gasteiger partial charge on any atom is 0.256 e. The minimum Gasteiger partial charge on any atom is -0.334 e. The third-order valence-corrected chi connectivity index (χ3v) is 6.37. The van der Waals surface area contributed by atoms with E-state index < -0.39 is 6.04 Å². The Morgan fingerprint density at radius 3 is 2.80 bits per heavy atom. The zero-order valence-corrected chi connectivity index (χ0v) is 16.8. The number of rotatable bonds is 2. The SMILES string of the molecule is O=C1Nc2ccc(-c3cccs3)cc2C(=O)N2CCN(C(=O)c3cccnc3)C[C@H]12. The zero-order valence-electron chi connectivity index (χ0n) is 15.9. The molecule has 1 saturated heterocycles. The highest BCUT2D eigenvalue weighted by Crippen LogP contribution is 2.32. The lowest BCUT2D eigenvalue weighted by Crippen LogP contribution is -2.59. The van der Waals surface area contributed by atoms with E-state index in [9.17, 15) is 14.4 Å². The van der Waals surface area contributed by atoms with E-state index in [2.05, 4.69) is 10.3 Å². The van der Waals surface area contributed by atoms with Crippen molar-refractivity contribution in [2.75, 3.05) is 25.0 Å². The first-order valence-corrected chi connectivity index (χ1v) is 10.5. The number of amides is 3. The maximum absolute atomic E-state index is 13.3. The molecule has 5 rings (SSSR count). The summed E-state index contributed by atoms with van der Waals surface area (Å²) >= 11 is 1.60. The molecule has 8 heteroatoms. The van der Waals surface area contributed by atoms with Crippen molar-refractivity contribution in [3.63, 3.8) is 0 Å². The first-order valence-electron chi connectivity index (χ1n) is 9.61. The summed E-state index contributed by atoms with van der Waals surface area (Å²) in [5, 5.41) is 4.86. The van der Waals surface area contributed by atoms with Gasteiger partial charge in [0.2, 0.25) is 5.91 Å². The lowest BCUT2D eigenvalue weighted by molar-refractivity contribution is -0.121. The Balaban J connectivity index is 1.43. The van der Waals surface area contributed by atoms with Crippen molar-refractivity contribution in [2.45, 2.75) is 6.04 Å². The number of aromatic nitrogens is 1. The highest BCUT2D eigenvalue weighted by Gasteiger charge is 2.40. The molecule has 7 nitrogen and oxygen atoms in total. The van der Waals surface area contributed by atoms with Crippen LogP contribution >= 0.6 is 11.3 Å². The highest BCUT2D eigenvalue weighted by molar-refractivity contribution is 7.13. The molecule has 4 heterocycles. The molecular formula is C22H18N4O3S. The predicted molar refractivity (Wildman–Crippen MR) is 113 cm³/mol. The number of hydrogen-bond acceptors (Lipinski definition) is 5. The molecular weight excluding hydrogens is 400 g/mol. The van der Waals surface area contributed by atoms with Crippen molar-refractivity contribution >= 4 is 34.7 Å². The molecule has 0 unspecified atom stereocenters. The Morgan fingerprint density at radius 2 is 2.03 bits per heavy atom. The molecule has 1 aromatic carbocycles. The number of benzene rings is 1. The van der Waals surface area contributed by atoms with Crippen molar-refractivity contribution < 1.29 is 14.4 Å². The fraction of sp³-hybridized carbons (Fsp3) is 0.182. The number of fused-ring (bicyclic) bond motifs is 2. The van der Waals surface area contributed by atoms with Crippen molar-refractivity contribution in [1.82, 2.24) is 14.8 Å². The average molecular weight is 418 g/mol. The number of piperazine rings is 1. The maximum atomic E-state index is 13.3. The minimum absolute atomic E-state index is 0.150. The number of carbonyl (C=O) groups is 3. The molecule has 3 amide bonds. The summed E-state index contributed by atoms with van der Waals surface area (Å²) in [6, 6.07) is 12.1. The second-order valence-corrected chi connectivity index (χ2v) is 8.18. The van der Waals surface area contributed by atoms with E-state index in [4.69, 9.17) is 0 Å². The molecule has 0 saturated carbocycles. The highest BCUT2D eigenvalue weighted by atomic mass is 32.1. The van der Waals surface area contributed by atoms with Crippen molar-refractivity contribution in [2.24, 2.45) is 0 Å². The summed E-state index contributed by atoms with van der Waals surface area (Å²) < 4.78 is 0. The second-order valence-electron chi connectivity index (χ2n) is 7.23. The van der Waals surface area contributed by atoms with Crippen molar-refractivity contribution in [3.8, 4) is 10.4 Å². The minimum atomic E-state index is -0.732. The van der Waals surface area contributed by atoms with E-state index >= 15 is 0 Å². The zero-order chi connectivity index (χ0) is 20.7. The van der Waals surface area contributed by atoms with Gasteiger partial charge in [-0.25, -0.2) is 0 Å². The van der Waals surface area contributed by atoms with Crippen LogP contribution in [0.2, 0.25) is 0 Å².